The fraction of sp³-hybridized carbons (Fsp3) is 0.263. The molecule has 0 unspecified atom stereocenters. The second-order valence-corrected chi connectivity index (χ2v) is 12.3. The van der Waals surface area contributed by atoms with E-state index in [1.165, 1.54) is 0 Å². The van der Waals surface area contributed by atoms with Crippen molar-refractivity contribution in [3.63, 3.8) is 0 Å². The molecule has 4 nitrogen and oxygen atoms in total. The normalized spacial score (nSPS) is 24.9. The average Bonchev–Trinajstić information content (AvgIpc) is 3.36. The van der Waals surface area contributed by atoms with Gasteiger partial charge >= 0.3 is 0 Å². The van der Waals surface area contributed by atoms with Gasteiger partial charge in [-0.1, -0.05) is 142 Å². The first kappa shape index (κ1) is 27.7. The van der Waals surface area contributed by atoms with E-state index in [9.17, 15) is 9.59 Å². The Balaban J connectivity index is 1.53. The van der Waals surface area contributed by atoms with Crippen molar-refractivity contribution in [2.24, 2.45) is 26.7 Å². The molecule has 42 heavy (non-hydrogen) atoms. The van der Waals surface area contributed by atoms with Crippen molar-refractivity contribution in [2.75, 3.05) is 0 Å². The van der Waals surface area contributed by atoms with Crippen LogP contribution in [0.5, 0.6) is 0 Å². The Morgan fingerprint density at radius 1 is 0.571 bits per heavy atom. The number of Topliss-reactive ketones (excluding diaryl/α,β-unsaturated/α-hetero) is 2. The van der Waals surface area contributed by atoms with Crippen molar-refractivity contribution in [2.45, 2.75) is 45.7 Å². The van der Waals surface area contributed by atoms with E-state index < -0.39 is 0 Å². The van der Waals surface area contributed by atoms with Gasteiger partial charge in [-0.3, -0.25) is 19.6 Å². The predicted molar refractivity (Wildman–Crippen MR) is 170 cm³/mol. The van der Waals surface area contributed by atoms with E-state index in [-0.39, 0.29) is 40.4 Å². The summed E-state index contributed by atoms with van der Waals surface area (Å²) in [5.74, 6) is 0.0265. The van der Waals surface area contributed by atoms with Gasteiger partial charge in [0, 0.05) is 22.3 Å². The SMILES string of the molecule is CC1(C)[C@@H]2CC[C@@]1(C)[C@H](N=C(C(=O)c1ccccc1)c1ccccc1)[C@@H]2N=C(C(=O)c1ccccc1)c1ccccc1. The standard InChI is InChI=1S/C38H36N2O2/c1-37(2)30-24-25-38(37,3)36(40-32(27-18-10-5-11-19-27)35(42)29-22-14-7-15-23-29)33(30)39-31(26-16-8-4-9-17-26)34(41)28-20-12-6-13-21-28/h4-23,30,33,36H,24-25H2,1-3H3/t30-,33-,36-,38+/m1/s1. The summed E-state index contributed by atoms with van der Waals surface area (Å²) in [6, 6.07) is 37.7. The molecule has 210 valence electrons. The van der Waals surface area contributed by atoms with Crippen molar-refractivity contribution in [1.29, 1.82) is 0 Å². The fourth-order valence-corrected chi connectivity index (χ4v) is 7.13. The zero-order valence-corrected chi connectivity index (χ0v) is 24.4. The first-order chi connectivity index (χ1) is 20.3. The highest BCUT2D eigenvalue weighted by Crippen LogP contribution is 2.67. The predicted octanol–water partition coefficient (Wildman–Crippen LogP) is 7.92. The van der Waals surface area contributed by atoms with E-state index in [1.807, 2.05) is 121 Å². The Kier molecular flexibility index (Phi) is 7.32. The van der Waals surface area contributed by atoms with Crippen molar-refractivity contribution in [3.8, 4) is 0 Å². The topological polar surface area (TPSA) is 58.9 Å². The minimum Gasteiger partial charge on any atom is -0.287 e. The van der Waals surface area contributed by atoms with Gasteiger partial charge in [-0.2, -0.15) is 0 Å². The van der Waals surface area contributed by atoms with Crippen LogP contribution in [0, 0.1) is 16.7 Å². The van der Waals surface area contributed by atoms with Gasteiger partial charge in [0.05, 0.1) is 12.1 Å². The molecule has 4 aromatic rings. The zero-order valence-electron chi connectivity index (χ0n) is 24.4. The molecule has 4 aromatic carbocycles. The molecule has 4 atom stereocenters. The second kappa shape index (κ2) is 11.1. The van der Waals surface area contributed by atoms with Crippen LogP contribution in [0.25, 0.3) is 0 Å². The molecule has 0 N–H and O–H groups in total. The number of benzene rings is 4. The van der Waals surface area contributed by atoms with E-state index >= 15 is 0 Å². The van der Waals surface area contributed by atoms with Crippen molar-refractivity contribution in [1.82, 2.24) is 0 Å². The van der Waals surface area contributed by atoms with Crippen LogP contribution in [0.2, 0.25) is 0 Å². The van der Waals surface area contributed by atoms with E-state index in [4.69, 9.17) is 9.98 Å². The van der Waals surface area contributed by atoms with Gasteiger partial charge in [-0.15, -0.1) is 0 Å². The summed E-state index contributed by atoms with van der Waals surface area (Å²) in [5, 5.41) is 0. The summed E-state index contributed by atoms with van der Waals surface area (Å²) in [4.78, 5) is 38.8. The molecule has 0 aromatic heterocycles. The minimum atomic E-state index is -0.267. The Morgan fingerprint density at radius 2 is 0.952 bits per heavy atom. The summed E-state index contributed by atoms with van der Waals surface area (Å²) < 4.78 is 0. The molecule has 2 aliphatic carbocycles. The lowest BCUT2D eigenvalue weighted by Gasteiger charge is -2.38. The number of hydrogen-bond donors (Lipinski definition) is 0. The number of hydrogen-bond acceptors (Lipinski definition) is 4. The molecule has 4 heteroatoms. The van der Waals surface area contributed by atoms with E-state index in [0.29, 0.717) is 22.6 Å². The quantitative estimate of drug-likeness (QED) is 0.165. The molecule has 2 aliphatic rings. The average molecular weight is 553 g/mol. The second-order valence-electron chi connectivity index (χ2n) is 12.3. The Morgan fingerprint density at radius 3 is 1.38 bits per heavy atom. The van der Waals surface area contributed by atoms with Crippen LogP contribution in [0.1, 0.15) is 65.5 Å². The molecule has 0 radical (unpaired) electrons. The van der Waals surface area contributed by atoms with Gasteiger partial charge in [0.25, 0.3) is 0 Å². The molecule has 0 aliphatic heterocycles. The number of ketones is 2. The van der Waals surface area contributed by atoms with Crippen molar-refractivity contribution < 1.29 is 9.59 Å². The lowest BCUT2D eigenvalue weighted by Crippen LogP contribution is -2.40. The third-order valence-electron chi connectivity index (χ3n) is 9.91. The maximum Gasteiger partial charge on any atom is 0.211 e. The first-order valence-corrected chi connectivity index (χ1v) is 14.8. The third kappa shape index (κ3) is 4.75. The van der Waals surface area contributed by atoms with Crippen molar-refractivity contribution in [3.05, 3.63) is 144 Å². The van der Waals surface area contributed by atoms with Crippen molar-refractivity contribution >= 4 is 23.0 Å². The van der Waals surface area contributed by atoms with Gasteiger partial charge in [-0.05, 0) is 29.6 Å². The smallest absolute Gasteiger partial charge is 0.211 e. The third-order valence-corrected chi connectivity index (χ3v) is 9.91. The van der Waals surface area contributed by atoms with Crippen LogP contribution in [0.4, 0.5) is 0 Å². The summed E-state index contributed by atoms with van der Waals surface area (Å²) in [6.45, 7) is 6.92. The maximum atomic E-state index is 14.0. The largest absolute Gasteiger partial charge is 0.287 e. The Bertz CT molecular complexity index is 1640. The summed E-state index contributed by atoms with van der Waals surface area (Å²) in [7, 11) is 0. The van der Waals surface area contributed by atoms with Crippen LogP contribution in [0.3, 0.4) is 0 Å². The number of rotatable bonds is 8. The Hall–Kier alpha value is -4.44. The van der Waals surface area contributed by atoms with Gasteiger partial charge < -0.3 is 0 Å². The highest BCUT2D eigenvalue weighted by atomic mass is 16.1. The molecule has 0 amide bonds. The van der Waals surface area contributed by atoms with E-state index in [1.54, 1.807) is 0 Å². The zero-order chi connectivity index (χ0) is 29.3. The highest BCUT2D eigenvalue weighted by molar-refractivity contribution is 6.52. The van der Waals surface area contributed by atoms with Gasteiger partial charge in [0.1, 0.15) is 11.4 Å². The fourth-order valence-electron chi connectivity index (χ4n) is 7.13. The molecule has 0 heterocycles. The molecule has 0 spiro atoms. The number of nitrogens with zero attached hydrogens (tertiary/aromatic N) is 2. The lowest BCUT2D eigenvalue weighted by atomic mass is 9.69. The first-order valence-electron chi connectivity index (χ1n) is 14.8. The van der Waals surface area contributed by atoms with Gasteiger partial charge in [0.15, 0.2) is 0 Å². The van der Waals surface area contributed by atoms with Crippen LogP contribution < -0.4 is 0 Å². The number of carbonyl (C=O) groups is 2. The molecule has 0 saturated heterocycles. The van der Waals surface area contributed by atoms with Crippen LogP contribution in [-0.4, -0.2) is 35.1 Å². The Labute approximate surface area is 248 Å². The highest BCUT2D eigenvalue weighted by Gasteiger charge is 2.66. The van der Waals surface area contributed by atoms with E-state index in [0.717, 1.165) is 24.0 Å². The minimum absolute atomic E-state index is 0.0789. The monoisotopic (exact) mass is 552 g/mol. The molecular formula is C38H36N2O2. The number of aliphatic imine (C=N–C) groups is 2. The summed E-state index contributed by atoms with van der Waals surface area (Å²) >= 11 is 0. The number of carbonyl (C=O) groups excluding carboxylic acids is 2. The van der Waals surface area contributed by atoms with Crippen LogP contribution in [-0.2, 0) is 0 Å². The van der Waals surface area contributed by atoms with Gasteiger partial charge in [-0.25, -0.2) is 0 Å². The maximum absolute atomic E-state index is 14.0. The van der Waals surface area contributed by atoms with Crippen LogP contribution >= 0.6 is 0 Å². The molecule has 2 fully saturated rings. The molecular weight excluding hydrogens is 516 g/mol. The number of fused-ring (bicyclic) bond motifs is 2. The summed E-state index contributed by atoms with van der Waals surface area (Å²) in [6.07, 6.45) is 2.01. The molecule has 2 bridgehead atoms. The van der Waals surface area contributed by atoms with Crippen LogP contribution in [0.15, 0.2) is 131 Å². The molecule has 2 saturated carbocycles. The van der Waals surface area contributed by atoms with E-state index in [2.05, 4.69) is 20.8 Å². The summed E-state index contributed by atoms with van der Waals surface area (Å²) in [5.41, 5.74) is 3.44. The van der Waals surface area contributed by atoms with Gasteiger partial charge in [0.2, 0.25) is 11.6 Å². The molecule has 6 rings (SSSR count). The lowest BCUT2D eigenvalue weighted by molar-refractivity contribution is 0.105.